The number of aromatic nitrogens is 2. The molecule has 1 amide bonds. The predicted octanol–water partition coefficient (Wildman–Crippen LogP) is 5.88. The summed E-state index contributed by atoms with van der Waals surface area (Å²) in [4.78, 5) is 20.8. The van der Waals surface area contributed by atoms with Crippen molar-refractivity contribution in [1.29, 1.82) is 0 Å². The highest BCUT2D eigenvalue weighted by Crippen LogP contribution is 2.35. The molecule has 0 atom stereocenters. The Morgan fingerprint density at radius 3 is 2.42 bits per heavy atom. The molecule has 0 unspecified atom stereocenters. The summed E-state index contributed by atoms with van der Waals surface area (Å²) in [5.74, 6) is 2.05. The van der Waals surface area contributed by atoms with E-state index in [1.54, 1.807) is 31.6 Å². The minimum atomic E-state index is -0.210. The van der Waals surface area contributed by atoms with Gasteiger partial charge in [-0.3, -0.25) is 15.1 Å². The lowest BCUT2D eigenvalue weighted by Gasteiger charge is -2.14. The lowest BCUT2D eigenvalue weighted by atomic mass is 10.0. The molecule has 4 rings (SSSR count). The monoisotopic (exact) mass is 431 g/mol. The molecular weight excluding hydrogens is 410 g/mol. The molecule has 6 nitrogen and oxygen atoms in total. The van der Waals surface area contributed by atoms with Crippen molar-refractivity contribution in [2.45, 2.75) is 13.8 Å². The molecule has 7 heteroatoms. The summed E-state index contributed by atoms with van der Waals surface area (Å²) in [5.41, 5.74) is 4.29. The second-order valence-electron chi connectivity index (χ2n) is 6.95. The lowest BCUT2D eigenvalue weighted by Crippen LogP contribution is -2.11. The fraction of sp³-hybridized carbons (Fsp3) is 0.125. The third kappa shape index (κ3) is 4.73. The highest BCUT2D eigenvalue weighted by Gasteiger charge is 2.13. The number of aryl methyl sites for hydroxylation is 2. The standard InChI is InChI=1S/C24H21N3O3S/c1-15-11-18(12-16(2)22(15)30-20-6-4-5-19(13-20)29-3)21-14-31-24(26-21)27-23(28)17-7-9-25-10-8-17/h4-14H,1-3H3,(H,26,27,28). The summed E-state index contributed by atoms with van der Waals surface area (Å²) < 4.78 is 11.4. The van der Waals surface area contributed by atoms with Gasteiger partial charge in [0.1, 0.15) is 17.2 Å². The van der Waals surface area contributed by atoms with E-state index in [0.717, 1.165) is 33.9 Å². The van der Waals surface area contributed by atoms with Gasteiger partial charge >= 0.3 is 0 Å². The van der Waals surface area contributed by atoms with Crippen molar-refractivity contribution in [2.75, 3.05) is 12.4 Å². The van der Waals surface area contributed by atoms with Crippen LogP contribution in [0.3, 0.4) is 0 Å². The van der Waals surface area contributed by atoms with Crippen LogP contribution in [0.1, 0.15) is 21.5 Å². The Labute approximate surface area is 184 Å². The molecule has 0 saturated heterocycles. The number of anilines is 1. The van der Waals surface area contributed by atoms with E-state index >= 15 is 0 Å². The summed E-state index contributed by atoms with van der Waals surface area (Å²) >= 11 is 1.39. The Hall–Kier alpha value is -3.71. The zero-order chi connectivity index (χ0) is 21.8. The van der Waals surface area contributed by atoms with Crippen molar-refractivity contribution in [3.8, 4) is 28.5 Å². The Morgan fingerprint density at radius 1 is 1.00 bits per heavy atom. The number of amides is 1. The molecule has 0 radical (unpaired) electrons. The third-order valence-electron chi connectivity index (χ3n) is 4.68. The minimum Gasteiger partial charge on any atom is -0.497 e. The van der Waals surface area contributed by atoms with Gasteiger partial charge in [-0.2, -0.15) is 0 Å². The van der Waals surface area contributed by atoms with Crippen molar-refractivity contribution in [2.24, 2.45) is 0 Å². The zero-order valence-corrected chi connectivity index (χ0v) is 18.2. The maximum atomic E-state index is 12.3. The molecule has 2 aromatic heterocycles. The van der Waals surface area contributed by atoms with Crippen LogP contribution in [0.25, 0.3) is 11.3 Å². The predicted molar refractivity (Wildman–Crippen MR) is 122 cm³/mol. The number of carbonyl (C=O) groups is 1. The Morgan fingerprint density at radius 2 is 1.71 bits per heavy atom. The van der Waals surface area contributed by atoms with Gasteiger partial charge in [-0.05, 0) is 61.4 Å². The van der Waals surface area contributed by atoms with Crippen LogP contribution < -0.4 is 14.8 Å². The number of pyridine rings is 1. The van der Waals surface area contributed by atoms with Gasteiger partial charge in [-0.15, -0.1) is 11.3 Å². The Kier molecular flexibility index (Phi) is 5.95. The normalized spacial score (nSPS) is 10.5. The first kappa shape index (κ1) is 20.6. The van der Waals surface area contributed by atoms with Gasteiger partial charge in [0.2, 0.25) is 0 Å². The zero-order valence-electron chi connectivity index (χ0n) is 17.4. The quantitative estimate of drug-likeness (QED) is 0.413. The van der Waals surface area contributed by atoms with E-state index in [4.69, 9.17) is 9.47 Å². The highest BCUT2D eigenvalue weighted by molar-refractivity contribution is 7.14. The molecule has 4 aromatic rings. The van der Waals surface area contributed by atoms with E-state index in [1.165, 1.54) is 11.3 Å². The lowest BCUT2D eigenvalue weighted by molar-refractivity contribution is 0.102. The maximum Gasteiger partial charge on any atom is 0.257 e. The van der Waals surface area contributed by atoms with Crippen molar-refractivity contribution in [1.82, 2.24) is 9.97 Å². The average Bonchev–Trinajstić information content (AvgIpc) is 3.25. The Balaban J connectivity index is 1.54. The van der Waals surface area contributed by atoms with Crippen LogP contribution in [0.4, 0.5) is 5.13 Å². The minimum absolute atomic E-state index is 0.210. The topological polar surface area (TPSA) is 73.3 Å². The number of benzene rings is 2. The molecule has 0 bridgehead atoms. The fourth-order valence-electron chi connectivity index (χ4n) is 3.18. The smallest absolute Gasteiger partial charge is 0.257 e. The molecule has 0 aliphatic carbocycles. The van der Waals surface area contributed by atoms with Gasteiger partial charge in [0.15, 0.2) is 5.13 Å². The van der Waals surface area contributed by atoms with Crippen LogP contribution in [0.5, 0.6) is 17.2 Å². The number of carbonyl (C=O) groups excluding carboxylic acids is 1. The van der Waals surface area contributed by atoms with Gasteiger partial charge in [0, 0.05) is 35.0 Å². The second-order valence-corrected chi connectivity index (χ2v) is 7.81. The summed E-state index contributed by atoms with van der Waals surface area (Å²) in [6.07, 6.45) is 3.17. The number of nitrogens with zero attached hydrogens (tertiary/aromatic N) is 2. The largest absolute Gasteiger partial charge is 0.497 e. The second kappa shape index (κ2) is 8.97. The van der Waals surface area contributed by atoms with Crippen molar-refractivity contribution in [3.63, 3.8) is 0 Å². The van der Waals surface area contributed by atoms with Crippen molar-refractivity contribution in [3.05, 3.63) is 83.0 Å². The maximum absolute atomic E-state index is 12.3. The molecule has 1 N–H and O–H groups in total. The molecule has 31 heavy (non-hydrogen) atoms. The summed E-state index contributed by atoms with van der Waals surface area (Å²) in [6, 6.07) is 14.9. The van der Waals surface area contributed by atoms with E-state index in [9.17, 15) is 4.79 Å². The molecule has 0 saturated carbocycles. The molecule has 0 aliphatic heterocycles. The first-order valence-corrected chi connectivity index (χ1v) is 10.5. The number of hydrogen-bond acceptors (Lipinski definition) is 6. The highest BCUT2D eigenvalue weighted by atomic mass is 32.1. The summed E-state index contributed by atoms with van der Waals surface area (Å²) in [6.45, 7) is 4.01. The molecule has 0 spiro atoms. The summed E-state index contributed by atoms with van der Waals surface area (Å²) in [7, 11) is 1.63. The number of rotatable bonds is 6. The van der Waals surface area contributed by atoms with E-state index < -0.39 is 0 Å². The average molecular weight is 432 g/mol. The first-order chi connectivity index (χ1) is 15.0. The summed E-state index contributed by atoms with van der Waals surface area (Å²) in [5, 5.41) is 5.31. The molecule has 2 aromatic carbocycles. The van der Waals surface area contributed by atoms with Crippen LogP contribution in [0.2, 0.25) is 0 Å². The number of hydrogen-bond donors (Lipinski definition) is 1. The van der Waals surface area contributed by atoms with Crippen LogP contribution in [-0.2, 0) is 0 Å². The van der Waals surface area contributed by atoms with Crippen molar-refractivity contribution >= 4 is 22.4 Å². The SMILES string of the molecule is COc1cccc(Oc2c(C)cc(-c3csc(NC(=O)c4ccncc4)n3)cc2C)c1. The number of nitrogens with one attached hydrogen (secondary N) is 1. The van der Waals surface area contributed by atoms with E-state index in [0.29, 0.717) is 16.4 Å². The van der Waals surface area contributed by atoms with Crippen LogP contribution in [0, 0.1) is 13.8 Å². The van der Waals surface area contributed by atoms with Gasteiger partial charge < -0.3 is 9.47 Å². The molecule has 0 aliphatic rings. The van der Waals surface area contributed by atoms with E-state index in [2.05, 4.69) is 15.3 Å². The number of ether oxygens (including phenoxy) is 2. The molecule has 0 fully saturated rings. The van der Waals surface area contributed by atoms with E-state index in [1.807, 2.05) is 55.6 Å². The Bertz CT molecular complexity index is 1200. The van der Waals surface area contributed by atoms with Gasteiger partial charge in [0.05, 0.1) is 12.8 Å². The van der Waals surface area contributed by atoms with Crippen LogP contribution in [0.15, 0.2) is 66.3 Å². The molecule has 2 heterocycles. The number of thiazole rings is 1. The molecule has 156 valence electrons. The van der Waals surface area contributed by atoms with Crippen molar-refractivity contribution < 1.29 is 14.3 Å². The third-order valence-corrected chi connectivity index (χ3v) is 5.44. The van der Waals surface area contributed by atoms with Gasteiger partial charge in [-0.25, -0.2) is 4.98 Å². The molecular formula is C24H21N3O3S. The number of methoxy groups -OCH3 is 1. The van der Waals surface area contributed by atoms with Crippen LogP contribution >= 0.6 is 11.3 Å². The first-order valence-electron chi connectivity index (χ1n) is 9.64. The van der Waals surface area contributed by atoms with E-state index in [-0.39, 0.29) is 5.91 Å². The van der Waals surface area contributed by atoms with Gasteiger partial charge in [-0.1, -0.05) is 6.07 Å². The fourth-order valence-corrected chi connectivity index (χ4v) is 3.89. The van der Waals surface area contributed by atoms with Gasteiger partial charge in [0.25, 0.3) is 5.91 Å². The van der Waals surface area contributed by atoms with Crippen LogP contribution in [-0.4, -0.2) is 23.0 Å².